The molecule has 0 aliphatic heterocycles. The Morgan fingerprint density at radius 3 is 1.56 bits per heavy atom. The fraction of sp³-hybridized carbons (Fsp3) is 0.824. The van der Waals surface area contributed by atoms with Crippen LogP contribution in [0.25, 0.3) is 0 Å². The SMILES string of the molecule is NN(CC[C@@H](CN=O)N=O)C(COCCC(=O)O)(COCCC(=O)O)COCCC(=O)O. The number of nitrogens with two attached hydrogens (primary N) is 1. The van der Waals surface area contributed by atoms with Crippen molar-refractivity contribution in [3.8, 4) is 0 Å². The van der Waals surface area contributed by atoms with Crippen LogP contribution in [-0.2, 0) is 28.6 Å². The van der Waals surface area contributed by atoms with Gasteiger partial charge >= 0.3 is 17.9 Å². The van der Waals surface area contributed by atoms with E-state index in [0.717, 1.165) is 0 Å². The zero-order valence-electron chi connectivity index (χ0n) is 17.6. The summed E-state index contributed by atoms with van der Waals surface area (Å²) in [5.74, 6) is 2.91. The fourth-order valence-electron chi connectivity index (χ4n) is 2.43. The lowest BCUT2D eigenvalue weighted by molar-refractivity contribution is -0.140. The highest BCUT2D eigenvalue weighted by Gasteiger charge is 2.37. The van der Waals surface area contributed by atoms with Gasteiger partial charge in [0.05, 0.1) is 58.9 Å². The fourth-order valence-corrected chi connectivity index (χ4v) is 2.43. The van der Waals surface area contributed by atoms with Crippen LogP contribution < -0.4 is 5.84 Å². The number of carboxylic acid groups (broad SMARTS) is 3. The Morgan fingerprint density at radius 1 is 0.844 bits per heavy atom. The standard InChI is InChI=1S/C17H30N4O11/c18-21(5-1-13(20-29)9-19-28)17(10-30-6-2-14(22)23,11-31-7-3-15(24)25)12-32-8-4-16(26)27/h13H,1-12,18H2,(H,22,23)(H,24,25)(H,26,27)/t13-/m0/s1. The van der Waals surface area contributed by atoms with Gasteiger partial charge in [-0.3, -0.25) is 20.2 Å². The van der Waals surface area contributed by atoms with Gasteiger partial charge in [0.2, 0.25) is 0 Å². The molecule has 0 heterocycles. The van der Waals surface area contributed by atoms with Gasteiger partial charge < -0.3 is 29.5 Å². The molecule has 0 radical (unpaired) electrons. The summed E-state index contributed by atoms with van der Waals surface area (Å²) < 4.78 is 16.3. The van der Waals surface area contributed by atoms with Crippen molar-refractivity contribution in [3.05, 3.63) is 9.81 Å². The van der Waals surface area contributed by atoms with Crippen LogP contribution in [0.4, 0.5) is 0 Å². The van der Waals surface area contributed by atoms with Crippen LogP contribution in [-0.4, -0.2) is 103 Å². The zero-order chi connectivity index (χ0) is 24.4. The molecule has 0 aliphatic carbocycles. The van der Waals surface area contributed by atoms with Crippen molar-refractivity contribution in [1.29, 1.82) is 0 Å². The molecule has 5 N–H and O–H groups in total. The van der Waals surface area contributed by atoms with Gasteiger partial charge in [-0.2, -0.15) is 9.81 Å². The molecule has 0 rings (SSSR count). The number of carbonyl (C=O) groups is 3. The average Bonchev–Trinajstić information content (AvgIpc) is 2.73. The Kier molecular flexibility index (Phi) is 15.6. The molecule has 0 fully saturated rings. The molecule has 0 saturated carbocycles. The molecule has 0 saturated heterocycles. The highest BCUT2D eigenvalue weighted by molar-refractivity contribution is 5.67. The van der Waals surface area contributed by atoms with Gasteiger partial charge in [0, 0.05) is 6.54 Å². The first-order chi connectivity index (χ1) is 15.2. The lowest BCUT2D eigenvalue weighted by atomic mass is 10.0. The number of hydrogen-bond acceptors (Lipinski definition) is 12. The second-order valence-electron chi connectivity index (χ2n) is 6.87. The van der Waals surface area contributed by atoms with Crippen molar-refractivity contribution in [1.82, 2.24) is 5.01 Å². The summed E-state index contributed by atoms with van der Waals surface area (Å²) in [6, 6.07) is -0.926. The van der Waals surface area contributed by atoms with E-state index in [1.54, 1.807) is 0 Å². The van der Waals surface area contributed by atoms with E-state index in [4.69, 9.17) is 35.4 Å². The lowest BCUT2D eigenvalue weighted by Gasteiger charge is -2.40. The number of hydrazine groups is 1. The van der Waals surface area contributed by atoms with E-state index in [1.807, 2.05) is 0 Å². The summed E-state index contributed by atoms with van der Waals surface area (Å²) in [6.07, 6.45) is -0.819. The highest BCUT2D eigenvalue weighted by atomic mass is 16.5. The van der Waals surface area contributed by atoms with Crippen LogP contribution in [0.3, 0.4) is 0 Å². The number of nitroso groups, excluding NO2 is 2. The molecule has 15 nitrogen and oxygen atoms in total. The van der Waals surface area contributed by atoms with Crippen molar-refractivity contribution in [2.24, 2.45) is 16.2 Å². The third-order valence-corrected chi connectivity index (χ3v) is 4.24. The predicted octanol–water partition coefficient (Wildman–Crippen LogP) is -0.334. The van der Waals surface area contributed by atoms with E-state index in [9.17, 15) is 24.2 Å². The van der Waals surface area contributed by atoms with Crippen molar-refractivity contribution in [2.75, 3.05) is 52.7 Å². The van der Waals surface area contributed by atoms with Crippen molar-refractivity contribution in [2.45, 2.75) is 37.3 Å². The minimum Gasteiger partial charge on any atom is -0.481 e. The van der Waals surface area contributed by atoms with Gasteiger partial charge in [-0.1, -0.05) is 10.4 Å². The maximum atomic E-state index is 10.8. The number of ether oxygens (including phenoxy) is 3. The van der Waals surface area contributed by atoms with Crippen molar-refractivity contribution >= 4 is 17.9 Å². The van der Waals surface area contributed by atoms with E-state index < -0.39 is 29.5 Å². The summed E-state index contributed by atoms with van der Waals surface area (Å²) >= 11 is 0. The molecule has 0 aromatic rings. The molecule has 1 atom stereocenters. The summed E-state index contributed by atoms with van der Waals surface area (Å²) in [5.41, 5.74) is -1.28. The molecule has 0 bridgehead atoms. The molecule has 0 aliphatic rings. The van der Waals surface area contributed by atoms with Gasteiger partial charge in [0.25, 0.3) is 0 Å². The molecular weight excluding hydrogens is 436 g/mol. The Balaban J connectivity index is 5.38. The number of carboxylic acids is 3. The Bertz CT molecular complexity index is 550. The summed E-state index contributed by atoms with van der Waals surface area (Å²) in [6.45, 7) is -1.46. The average molecular weight is 466 g/mol. The molecule has 32 heavy (non-hydrogen) atoms. The molecule has 184 valence electrons. The van der Waals surface area contributed by atoms with Crippen LogP contribution in [0.15, 0.2) is 10.4 Å². The molecule has 0 aromatic carbocycles. The van der Waals surface area contributed by atoms with E-state index in [0.29, 0.717) is 0 Å². The van der Waals surface area contributed by atoms with Crippen LogP contribution in [0.2, 0.25) is 0 Å². The summed E-state index contributed by atoms with van der Waals surface area (Å²) in [5, 5.41) is 33.0. The molecule has 0 unspecified atom stereocenters. The molecular formula is C17H30N4O11. The highest BCUT2D eigenvalue weighted by Crippen LogP contribution is 2.18. The quantitative estimate of drug-likeness (QED) is 0.0694. The Hall–Kier alpha value is -2.59. The first-order valence-corrected chi connectivity index (χ1v) is 9.69. The summed E-state index contributed by atoms with van der Waals surface area (Å²) in [4.78, 5) is 53.4. The second-order valence-corrected chi connectivity index (χ2v) is 6.87. The number of rotatable bonds is 22. The summed E-state index contributed by atoms with van der Waals surface area (Å²) in [7, 11) is 0. The molecule has 0 spiro atoms. The van der Waals surface area contributed by atoms with Crippen molar-refractivity contribution < 1.29 is 43.9 Å². The minimum atomic E-state index is -1.28. The minimum absolute atomic E-state index is 0.00119. The topological polar surface area (TPSA) is 228 Å². The lowest BCUT2D eigenvalue weighted by Crippen LogP contribution is -2.62. The Morgan fingerprint density at radius 2 is 1.25 bits per heavy atom. The monoisotopic (exact) mass is 466 g/mol. The maximum absolute atomic E-state index is 10.8. The largest absolute Gasteiger partial charge is 0.481 e. The first-order valence-electron chi connectivity index (χ1n) is 9.69. The Labute approximate surface area is 183 Å². The van der Waals surface area contributed by atoms with Gasteiger partial charge in [0.1, 0.15) is 18.1 Å². The van der Waals surface area contributed by atoms with Crippen LogP contribution in [0, 0.1) is 9.81 Å². The third kappa shape index (κ3) is 13.7. The first kappa shape index (κ1) is 29.4. The number of aliphatic carboxylic acids is 3. The van der Waals surface area contributed by atoms with Gasteiger partial charge in [-0.05, 0) is 6.42 Å². The third-order valence-electron chi connectivity index (χ3n) is 4.24. The van der Waals surface area contributed by atoms with E-state index in [1.165, 1.54) is 5.01 Å². The molecule has 0 amide bonds. The van der Waals surface area contributed by atoms with Gasteiger partial charge in [0.15, 0.2) is 0 Å². The van der Waals surface area contributed by atoms with Gasteiger partial charge in [-0.25, -0.2) is 5.01 Å². The van der Waals surface area contributed by atoms with E-state index in [-0.39, 0.29) is 78.4 Å². The number of hydrogen-bond donors (Lipinski definition) is 4. The zero-order valence-corrected chi connectivity index (χ0v) is 17.6. The van der Waals surface area contributed by atoms with E-state index in [2.05, 4.69) is 10.4 Å². The smallest absolute Gasteiger partial charge is 0.305 e. The van der Waals surface area contributed by atoms with E-state index >= 15 is 0 Å². The van der Waals surface area contributed by atoms with Crippen LogP contribution in [0.5, 0.6) is 0 Å². The van der Waals surface area contributed by atoms with Crippen LogP contribution >= 0.6 is 0 Å². The second kappa shape index (κ2) is 17.0. The molecule has 15 heteroatoms. The normalized spacial score (nSPS) is 12.4. The van der Waals surface area contributed by atoms with Crippen molar-refractivity contribution in [3.63, 3.8) is 0 Å². The molecule has 0 aromatic heterocycles. The maximum Gasteiger partial charge on any atom is 0.305 e. The van der Waals surface area contributed by atoms with Crippen LogP contribution in [0.1, 0.15) is 25.7 Å². The predicted molar refractivity (Wildman–Crippen MR) is 108 cm³/mol. The number of nitrogens with zero attached hydrogens (tertiary/aromatic N) is 3. The van der Waals surface area contributed by atoms with Gasteiger partial charge in [-0.15, -0.1) is 0 Å².